The van der Waals surface area contributed by atoms with Gasteiger partial charge in [-0.25, -0.2) is 9.97 Å². The molecule has 1 aromatic heterocycles. The van der Waals surface area contributed by atoms with Crippen LogP contribution >= 0.6 is 23.4 Å². The lowest BCUT2D eigenvalue weighted by Crippen LogP contribution is -2.44. The quantitative estimate of drug-likeness (QED) is 0.299. The third-order valence-corrected chi connectivity index (χ3v) is 7.59. The molecule has 0 bridgehead atoms. The fourth-order valence-electron chi connectivity index (χ4n) is 4.39. The van der Waals surface area contributed by atoms with Gasteiger partial charge in [-0.15, -0.1) is 0 Å². The van der Waals surface area contributed by atoms with E-state index in [0.29, 0.717) is 22.6 Å². The molecule has 0 N–H and O–H groups in total. The minimum absolute atomic E-state index is 0.0868. The van der Waals surface area contributed by atoms with E-state index in [9.17, 15) is 4.79 Å². The van der Waals surface area contributed by atoms with Gasteiger partial charge in [-0.05, 0) is 42.3 Å². The lowest BCUT2D eigenvalue weighted by molar-refractivity contribution is 0.0734. The van der Waals surface area contributed by atoms with E-state index >= 15 is 0 Å². The van der Waals surface area contributed by atoms with Gasteiger partial charge >= 0.3 is 0 Å². The van der Waals surface area contributed by atoms with Crippen LogP contribution in [0.4, 0.5) is 5.82 Å². The molecule has 2 aromatic carbocycles. The van der Waals surface area contributed by atoms with Gasteiger partial charge in [-0.1, -0.05) is 59.8 Å². The molecule has 1 amide bonds. The number of benzene rings is 2. The van der Waals surface area contributed by atoms with Crippen molar-refractivity contribution < 1.29 is 4.79 Å². The van der Waals surface area contributed by atoms with Gasteiger partial charge in [0.15, 0.2) is 5.16 Å². The number of aromatic nitrogens is 2. The van der Waals surface area contributed by atoms with Crippen molar-refractivity contribution in [2.24, 2.45) is 0 Å². The topological polar surface area (TPSA) is 52.6 Å². The molecule has 0 unspecified atom stereocenters. The molecule has 2 aliphatic rings. The maximum atomic E-state index is 13.0. The fourth-order valence-corrected chi connectivity index (χ4v) is 5.43. The van der Waals surface area contributed by atoms with Gasteiger partial charge < -0.3 is 14.7 Å². The minimum Gasteiger partial charge on any atom is -0.354 e. The second-order valence-corrected chi connectivity index (χ2v) is 10.2. The SMILES string of the molecule is CN1CCN(c2cc(Cl)nc(SCc3ccc(C(=O)N4CCc5ccccc5C4)cc3)n2)CC1. The Morgan fingerprint density at radius 2 is 1.71 bits per heavy atom. The van der Waals surface area contributed by atoms with Crippen molar-refractivity contribution in [1.82, 2.24) is 19.8 Å². The first-order valence-corrected chi connectivity index (χ1v) is 13.0. The van der Waals surface area contributed by atoms with Gasteiger partial charge in [0.1, 0.15) is 11.0 Å². The van der Waals surface area contributed by atoms with Crippen molar-refractivity contribution in [3.8, 4) is 0 Å². The molecule has 0 radical (unpaired) electrons. The standard InChI is InChI=1S/C26H28ClN5OS/c1-30-12-14-31(15-13-30)24-16-23(27)28-26(29-24)34-18-19-6-8-21(9-7-19)25(33)32-11-10-20-4-2-3-5-22(20)17-32/h2-9,16H,10-15,17-18H2,1H3. The molecule has 2 aliphatic heterocycles. The molecule has 1 saturated heterocycles. The highest BCUT2D eigenvalue weighted by atomic mass is 35.5. The summed E-state index contributed by atoms with van der Waals surface area (Å²) < 4.78 is 0. The van der Waals surface area contributed by atoms with Gasteiger partial charge in [0, 0.05) is 56.7 Å². The van der Waals surface area contributed by atoms with Crippen molar-refractivity contribution in [2.75, 3.05) is 44.7 Å². The van der Waals surface area contributed by atoms with Gasteiger partial charge in [0.05, 0.1) is 0 Å². The first-order chi connectivity index (χ1) is 16.5. The Morgan fingerprint density at radius 1 is 0.971 bits per heavy atom. The molecule has 5 rings (SSSR count). The number of carbonyl (C=O) groups is 1. The molecule has 176 valence electrons. The lowest BCUT2D eigenvalue weighted by Gasteiger charge is -2.33. The summed E-state index contributed by atoms with van der Waals surface area (Å²) >= 11 is 7.86. The van der Waals surface area contributed by atoms with E-state index in [0.717, 1.165) is 56.1 Å². The van der Waals surface area contributed by atoms with E-state index in [-0.39, 0.29) is 5.91 Å². The average Bonchev–Trinajstić information content (AvgIpc) is 2.87. The molecule has 8 heteroatoms. The largest absolute Gasteiger partial charge is 0.354 e. The van der Waals surface area contributed by atoms with Crippen LogP contribution in [-0.4, -0.2) is 65.4 Å². The number of fused-ring (bicyclic) bond motifs is 1. The Bertz CT molecular complexity index is 1160. The van der Waals surface area contributed by atoms with Crippen molar-refractivity contribution in [3.05, 3.63) is 82.0 Å². The van der Waals surface area contributed by atoms with Crippen LogP contribution in [-0.2, 0) is 18.7 Å². The van der Waals surface area contributed by atoms with Crippen LogP contribution in [0.2, 0.25) is 5.15 Å². The number of likely N-dealkylation sites (N-methyl/N-ethyl adjacent to an activating group) is 1. The van der Waals surface area contributed by atoms with Crippen LogP contribution in [0.25, 0.3) is 0 Å². The Balaban J connectivity index is 1.20. The van der Waals surface area contributed by atoms with E-state index in [1.54, 1.807) is 11.8 Å². The van der Waals surface area contributed by atoms with Gasteiger partial charge in [0.25, 0.3) is 5.91 Å². The molecule has 0 atom stereocenters. The highest BCUT2D eigenvalue weighted by molar-refractivity contribution is 7.98. The van der Waals surface area contributed by atoms with Crippen LogP contribution in [0.15, 0.2) is 59.8 Å². The van der Waals surface area contributed by atoms with E-state index in [1.807, 2.05) is 41.3 Å². The number of piperazine rings is 1. The molecule has 0 aliphatic carbocycles. The summed E-state index contributed by atoms with van der Waals surface area (Å²) in [4.78, 5) is 28.7. The minimum atomic E-state index is 0.0868. The zero-order chi connectivity index (χ0) is 23.5. The smallest absolute Gasteiger partial charge is 0.254 e. The van der Waals surface area contributed by atoms with E-state index in [1.165, 1.54) is 11.1 Å². The van der Waals surface area contributed by atoms with E-state index in [2.05, 4.69) is 40.0 Å². The van der Waals surface area contributed by atoms with E-state index < -0.39 is 0 Å². The van der Waals surface area contributed by atoms with Crippen LogP contribution < -0.4 is 4.90 Å². The Morgan fingerprint density at radius 3 is 2.47 bits per heavy atom. The Kier molecular flexibility index (Phi) is 7.04. The number of anilines is 1. The van der Waals surface area contributed by atoms with Crippen molar-refractivity contribution in [1.29, 1.82) is 0 Å². The number of amides is 1. The maximum Gasteiger partial charge on any atom is 0.254 e. The summed E-state index contributed by atoms with van der Waals surface area (Å²) in [7, 11) is 2.13. The monoisotopic (exact) mass is 493 g/mol. The number of hydrogen-bond donors (Lipinski definition) is 0. The summed E-state index contributed by atoms with van der Waals surface area (Å²) in [6.07, 6.45) is 0.909. The summed E-state index contributed by atoms with van der Waals surface area (Å²) in [5.74, 6) is 1.69. The average molecular weight is 494 g/mol. The number of rotatable bonds is 5. The third-order valence-electron chi connectivity index (χ3n) is 6.47. The summed E-state index contributed by atoms with van der Waals surface area (Å²) in [6, 6.07) is 18.1. The van der Waals surface area contributed by atoms with Crippen molar-refractivity contribution in [2.45, 2.75) is 23.9 Å². The number of halogens is 1. The van der Waals surface area contributed by atoms with Gasteiger partial charge in [-0.3, -0.25) is 4.79 Å². The van der Waals surface area contributed by atoms with Crippen LogP contribution in [0, 0.1) is 0 Å². The third kappa shape index (κ3) is 5.37. The summed E-state index contributed by atoms with van der Waals surface area (Å²) in [5, 5.41) is 1.14. The maximum absolute atomic E-state index is 13.0. The molecule has 1 fully saturated rings. The summed E-state index contributed by atoms with van der Waals surface area (Å²) in [5.41, 5.74) is 4.44. The Hall–Kier alpha value is -2.61. The molecule has 6 nitrogen and oxygen atoms in total. The number of nitrogens with zero attached hydrogens (tertiary/aromatic N) is 5. The highest BCUT2D eigenvalue weighted by Gasteiger charge is 2.21. The second-order valence-electron chi connectivity index (χ2n) is 8.85. The number of carbonyl (C=O) groups excluding carboxylic acids is 1. The predicted octanol–water partition coefficient (Wildman–Crippen LogP) is 4.37. The molecule has 0 spiro atoms. The second kappa shape index (κ2) is 10.3. The Labute approximate surface area is 209 Å². The lowest BCUT2D eigenvalue weighted by atomic mass is 9.99. The fraction of sp³-hybridized carbons (Fsp3) is 0.346. The first-order valence-electron chi connectivity index (χ1n) is 11.6. The van der Waals surface area contributed by atoms with Gasteiger partial charge in [0.2, 0.25) is 0 Å². The van der Waals surface area contributed by atoms with Crippen molar-refractivity contribution in [3.63, 3.8) is 0 Å². The zero-order valence-corrected chi connectivity index (χ0v) is 20.9. The molecule has 3 aromatic rings. The first kappa shape index (κ1) is 23.1. The van der Waals surface area contributed by atoms with Crippen molar-refractivity contribution >= 4 is 35.1 Å². The summed E-state index contributed by atoms with van der Waals surface area (Å²) in [6.45, 7) is 5.33. The number of thioether (sulfide) groups is 1. The normalized spacial score (nSPS) is 16.4. The molecule has 0 saturated carbocycles. The van der Waals surface area contributed by atoms with Crippen LogP contribution in [0.1, 0.15) is 27.0 Å². The van der Waals surface area contributed by atoms with Crippen LogP contribution in [0.5, 0.6) is 0 Å². The molecular formula is C26H28ClN5OS. The van der Waals surface area contributed by atoms with E-state index in [4.69, 9.17) is 16.6 Å². The number of hydrogen-bond acceptors (Lipinski definition) is 6. The molecule has 34 heavy (non-hydrogen) atoms. The van der Waals surface area contributed by atoms with Crippen LogP contribution in [0.3, 0.4) is 0 Å². The molecule has 3 heterocycles. The predicted molar refractivity (Wildman–Crippen MR) is 138 cm³/mol. The van der Waals surface area contributed by atoms with Gasteiger partial charge in [-0.2, -0.15) is 0 Å². The zero-order valence-electron chi connectivity index (χ0n) is 19.3. The molecular weight excluding hydrogens is 466 g/mol. The highest BCUT2D eigenvalue weighted by Crippen LogP contribution is 2.26.